The molecule has 1 heterocycles. The monoisotopic (exact) mass is 715 g/mol. The number of allylic oxidation sites excluding steroid dienone is 13. The first-order valence-electron chi connectivity index (χ1n) is 20.3. The number of fused-ring (bicyclic) bond motifs is 5. The Labute approximate surface area is 326 Å². The fraction of sp³-hybridized carbons (Fsp3) is 0.245. The van der Waals surface area contributed by atoms with Gasteiger partial charge in [-0.3, -0.25) is 0 Å². The average molecular weight is 716 g/mol. The Hall–Kier alpha value is -5.60. The third kappa shape index (κ3) is 5.77. The van der Waals surface area contributed by atoms with Crippen molar-refractivity contribution in [2.75, 3.05) is 4.90 Å². The molecule has 3 atom stereocenters. The van der Waals surface area contributed by atoms with Gasteiger partial charge in [-0.2, -0.15) is 0 Å². The molecule has 5 aliphatic carbocycles. The summed E-state index contributed by atoms with van der Waals surface area (Å²) in [5, 5.41) is 2.34. The fourth-order valence-electron chi connectivity index (χ4n) is 10.3. The topological polar surface area (TPSA) is 16.4 Å². The third-order valence-corrected chi connectivity index (χ3v) is 13.0. The largest absolute Gasteiger partial charge is 0.456 e. The third-order valence-electron chi connectivity index (χ3n) is 13.0. The van der Waals surface area contributed by atoms with Crippen LogP contribution in [-0.4, -0.2) is 6.04 Å². The van der Waals surface area contributed by atoms with Gasteiger partial charge in [0.15, 0.2) is 0 Å². The number of nitrogens with zero attached hydrogens (tertiary/aromatic N) is 1. The lowest BCUT2D eigenvalue weighted by Gasteiger charge is -2.38. The van der Waals surface area contributed by atoms with Gasteiger partial charge in [0.2, 0.25) is 0 Å². The van der Waals surface area contributed by atoms with Crippen molar-refractivity contribution in [1.82, 2.24) is 0 Å². The molecule has 10 rings (SSSR count). The van der Waals surface area contributed by atoms with E-state index < -0.39 is 0 Å². The molecule has 0 saturated carbocycles. The zero-order valence-electron chi connectivity index (χ0n) is 32.5. The Bertz CT molecular complexity index is 2640. The zero-order chi connectivity index (χ0) is 37.3. The molecule has 3 unspecified atom stereocenters. The lowest BCUT2D eigenvalue weighted by atomic mass is 9.76. The number of hydrogen-bond donors (Lipinski definition) is 0. The first-order valence-corrected chi connectivity index (χ1v) is 20.3. The summed E-state index contributed by atoms with van der Waals surface area (Å²) in [4.78, 5) is 2.63. The van der Waals surface area contributed by atoms with Crippen LogP contribution in [0.15, 0.2) is 173 Å². The van der Waals surface area contributed by atoms with Gasteiger partial charge in [0, 0.05) is 27.6 Å². The van der Waals surface area contributed by atoms with E-state index in [0.29, 0.717) is 11.8 Å². The van der Waals surface area contributed by atoms with Crippen LogP contribution in [0.4, 0.5) is 5.69 Å². The van der Waals surface area contributed by atoms with Gasteiger partial charge in [-0.05, 0) is 133 Å². The smallest absolute Gasteiger partial charge is 0.136 e. The van der Waals surface area contributed by atoms with Crippen molar-refractivity contribution in [3.8, 4) is 11.1 Å². The van der Waals surface area contributed by atoms with Gasteiger partial charge in [0.05, 0.1) is 6.04 Å². The quantitative estimate of drug-likeness (QED) is 0.174. The van der Waals surface area contributed by atoms with Gasteiger partial charge in [-0.15, -0.1) is 0 Å². The van der Waals surface area contributed by atoms with Crippen LogP contribution >= 0.6 is 0 Å². The fourth-order valence-corrected chi connectivity index (χ4v) is 10.3. The molecule has 2 heteroatoms. The number of benzene rings is 4. The highest BCUT2D eigenvalue weighted by molar-refractivity contribution is 6.12. The molecule has 2 nitrogen and oxygen atoms in total. The summed E-state index contributed by atoms with van der Waals surface area (Å²) in [7, 11) is 0. The van der Waals surface area contributed by atoms with Gasteiger partial charge in [0.25, 0.3) is 0 Å². The molecular weight excluding hydrogens is 667 g/mol. The molecule has 55 heavy (non-hydrogen) atoms. The second kappa shape index (κ2) is 13.3. The van der Waals surface area contributed by atoms with E-state index >= 15 is 0 Å². The molecule has 272 valence electrons. The minimum atomic E-state index is 0.0708. The highest BCUT2D eigenvalue weighted by Gasteiger charge is 2.39. The number of aryl methyl sites for hydroxylation is 2. The highest BCUT2D eigenvalue weighted by Crippen LogP contribution is 2.53. The summed E-state index contributed by atoms with van der Waals surface area (Å²) >= 11 is 0. The van der Waals surface area contributed by atoms with Crippen molar-refractivity contribution in [1.29, 1.82) is 0 Å². The summed E-state index contributed by atoms with van der Waals surface area (Å²) in [5.74, 6) is 0.979. The lowest BCUT2D eigenvalue weighted by molar-refractivity contribution is 0.473. The maximum atomic E-state index is 6.33. The number of para-hydroxylation sites is 1. The van der Waals surface area contributed by atoms with E-state index in [0.717, 1.165) is 48.7 Å². The van der Waals surface area contributed by atoms with E-state index in [4.69, 9.17) is 4.42 Å². The van der Waals surface area contributed by atoms with Gasteiger partial charge in [-0.1, -0.05) is 140 Å². The lowest BCUT2D eigenvalue weighted by Crippen LogP contribution is -2.35. The molecule has 0 radical (unpaired) electrons. The van der Waals surface area contributed by atoms with Crippen LogP contribution in [0.25, 0.3) is 38.6 Å². The molecule has 5 aliphatic rings. The van der Waals surface area contributed by atoms with Crippen LogP contribution in [0, 0.1) is 25.7 Å². The normalized spacial score (nSPS) is 22.5. The summed E-state index contributed by atoms with van der Waals surface area (Å²) in [6.07, 6.45) is 31.5. The number of rotatable bonds is 6. The van der Waals surface area contributed by atoms with Crippen molar-refractivity contribution in [3.63, 3.8) is 0 Å². The van der Waals surface area contributed by atoms with Crippen LogP contribution < -0.4 is 4.90 Å². The van der Waals surface area contributed by atoms with Crippen molar-refractivity contribution in [3.05, 3.63) is 190 Å². The van der Waals surface area contributed by atoms with Gasteiger partial charge >= 0.3 is 0 Å². The van der Waals surface area contributed by atoms with Crippen LogP contribution in [0.3, 0.4) is 0 Å². The van der Waals surface area contributed by atoms with Crippen molar-refractivity contribution >= 4 is 33.2 Å². The minimum absolute atomic E-state index is 0.0708. The maximum absolute atomic E-state index is 6.33. The average Bonchev–Trinajstić information content (AvgIpc) is 3.70. The highest BCUT2D eigenvalue weighted by atomic mass is 16.3. The summed E-state index contributed by atoms with van der Waals surface area (Å²) in [6, 6.07) is 29.1. The predicted molar refractivity (Wildman–Crippen MR) is 232 cm³/mol. The summed E-state index contributed by atoms with van der Waals surface area (Å²) in [5.41, 5.74) is 18.6. The molecule has 0 N–H and O–H groups in total. The van der Waals surface area contributed by atoms with Gasteiger partial charge in [-0.25, -0.2) is 0 Å². The molecule has 5 aromatic rings. The molecule has 0 aliphatic heterocycles. The molecule has 1 aromatic heterocycles. The second-order valence-electron chi connectivity index (χ2n) is 16.8. The Morgan fingerprint density at radius 3 is 2.51 bits per heavy atom. The molecule has 0 spiro atoms. The van der Waals surface area contributed by atoms with Gasteiger partial charge in [0.1, 0.15) is 11.2 Å². The van der Waals surface area contributed by atoms with E-state index in [1.807, 2.05) is 0 Å². The van der Waals surface area contributed by atoms with Crippen LogP contribution in [-0.2, 0) is 5.41 Å². The van der Waals surface area contributed by atoms with E-state index in [9.17, 15) is 0 Å². The molecule has 0 amide bonds. The SMILES string of the molecule is Cc1cc(C)c2c(c1)C(C)(C)C1=C2C=C(C2=CC=CC(N(C3=CC(C4C=CC=CC4)CC=C3)c3cccc(-c4cccc5oc6ccccc6c45)c3)C2)CC1. The Morgan fingerprint density at radius 1 is 0.764 bits per heavy atom. The van der Waals surface area contributed by atoms with E-state index in [2.05, 4.69) is 178 Å². The first-order chi connectivity index (χ1) is 26.8. The summed E-state index contributed by atoms with van der Waals surface area (Å²) < 4.78 is 6.33. The second-order valence-corrected chi connectivity index (χ2v) is 16.8. The van der Waals surface area contributed by atoms with Crippen molar-refractivity contribution in [2.24, 2.45) is 11.8 Å². The maximum Gasteiger partial charge on any atom is 0.136 e. The number of anilines is 1. The predicted octanol–water partition coefficient (Wildman–Crippen LogP) is 14.0. The van der Waals surface area contributed by atoms with Gasteiger partial charge < -0.3 is 9.32 Å². The van der Waals surface area contributed by atoms with Crippen LogP contribution in [0.2, 0.25) is 0 Å². The molecule has 0 bridgehead atoms. The Kier molecular flexibility index (Phi) is 8.21. The van der Waals surface area contributed by atoms with E-state index in [-0.39, 0.29) is 11.5 Å². The molecule has 4 aromatic carbocycles. The Balaban J connectivity index is 1.05. The zero-order valence-corrected chi connectivity index (χ0v) is 32.5. The number of furan rings is 1. The minimum Gasteiger partial charge on any atom is -0.456 e. The molecular formula is C53H49NO. The van der Waals surface area contributed by atoms with Crippen molar-refractivity contribution < 1.29 is 4.42 Å². The van der Waals surface area contributed by atoms with E-state index in [1.54, 1.807) is 5.57 Å². The standard InChI is InChI=1S/C53H49NO/c1-34-28-35(2)51-46-33-39(26-27-47(46)53(3,4)48(51)29-34)38-17-11-20-42(31-38)54(41-19-10-16-37(30-41)36-14-6-5-7-15-36)43-21-12-18-40(32-43)44-23-13-25-50-52(44)45-22-8-9-24-49(45)55-50/h5-14,17-25,28-30,32-33,36-37,42H,15-16,26-27,31H2,1-4H3. The van der Waals surface area contributed by atoms with Crippen LogP contribution in [0.5, 0.6) is 0 Å². The summed E-state index contributed by atoms with van der Waals surface area (Å²) in [6.45, 7) is 9.41. The van der Waals surface area contributed by atoms with Crippen molar-refractivity contribution in [2.45, 2.75) is 71.3 Å². The number of hydrogen-bond acceptors (Lipinski definition) is 2. The van der Waals surface area contributed by atoms with Crippen LogP contribution in [0.1, 0.15) is 68.2 Å². The van der Waals surface area contributed by atoms with E-state index in [1.165, 1.54) is 66.9 Å². The Morgan fingerprint density at radius 2 is 1.62 bits per heavy atom. The molecule has 0 saturated heterocycles. The molecule has 0 fully saturated rings. The first kappa shape index (κ1) is 33.9.